The van der Waals surface area contributed by atoms with Gasteiger partial charge in [-0.3, -0.25) is 14.5 Å². The maximum absolute atomic E-state index is 13.7. The molecule has 4 heterocycles. The number of hydrogen-bond acceptors (Lipinski definition) is 6. The van der Waals surface area contributed by atoms with Gasteiger partial charge in [0, 0.05) is 36.7 Å². The number of nitrogens with one attached hydrogen (secondary N) is 1. The summed E-state index contributed by atoms with van der Waals surface area (Å²) in [6.07, 6.45) is 8.93. The Morgan fingerprint density at radius 2 is 1.89 bits per heavy atom. The van der Waals surface area contributed by atoms with E-state index >= 15 is 0 Å². The highest BCUT2D eigenvalue weighted by atomic mass is 16.3. The zero-order valence-electron chi connectivity index (χ0n) is 20.9. The van der Waals surface area contributed by atoms with Gasteiger partial charge in [0.1, 0.15) is 12.2 Å². The van der Waals surface area contributed by atoms with Crippen molar-refractivity contribution in [3.8, 4) is 11.3 Å². The number of piperidine rings is 1. The van der Waals surface area contributed by atoms with E-state index in [0.29, 0.717) is 31.7 Å². The van der Waals surface area contributed by atoms with Gasteiger partial charge < -0.3 is 14.9 Å². The SMILES string of the molecule is O=C(N1CCC(O)(Cn2cnc(-c3ccccc3)cc2=O)C2(CCCC2)C1)N1CCC[C@H]1c1ncn[nH]1. The molecule has 2 aliphatic heterocycles. The molecule has 10 heteroatoms. The number of carbonyl (C=O) groups is 1. The highest BCUT2D eigenvalue weighted by molar-refractivity contribution is 5.75. The topological polar surface area (TPSA) is 120 Å². The zero-order chi connectivity index (χ0) is 25.5. The quantitative estimate of drug-likeness (QED) is 0.565. The van der Waals surface area contributed by atoms with E-state index in [2.05, 4.69) is 20.2 Å². The number of nitrogens with zero attached hydrogens (tertiary/aromatic N) is 6. The second-order valence-corrected chi connectivity index (χ2v) is 10.8. The van der Waals surface area contributed by atoms with Gasteiger partial charge in [0.15, 0.2) is 0 Å². The van der Waals surface area contributed by atoms with E-state index in [4.69, 9.17) is 0 Å². The molecule has 6 rings (SSSR count). The average Bonchev–Trinajstić information content (AvgIpc) is 3.70. The number of benzene rings is 1. The summed E-state index contributed by atoms with van der Waals surface area (Å²) in [7, 11) is 0. The molecule has 2 aromatic heterocycles. The first-order chi connectivity index (χ1) is 18.0. The number of carbonyl (C=O) groups excluding carboxylic acids is 1. The van der Waals surface area contributed by atoms with Crippen molar-refractivity contribution in [2.24, 2.45) is 5.41 Å². The Balaban J connectivity index is 1.22. The van der Waals surface area contributed by atoms with Crippen molar-refractivity contribution in [2.75, 3.05) is 19.6 Å². The van der Waals surface area contributed by atoms with Crippen molar-refractivity contribution in [3.63, 3.8) is 0 Å². The van der Waals surface area contributed by atoms with E-state index in [1.165, 1.54) is 17.0 Å². The summed E-state index contributed by atoms with van der Waals surface area (Å²) >= 11 is 0. The fourth-order valence-electron chi connectivity index (χ4n) is 6.69. The van der Waals surface area contributed by atoms with Crippen LogP contribution in [0, 0.1) is 5.41 Å². The Bertz CT molecular complexity index is 1300. The Kier molecular flexibility index (Phi) is 6.06. The molecule has 3 fully saturated rings. The van der Waals surface area contributed by atoms with E-state index in [0.717, 1.165) is 49.9 Å². The first kappa shape index (κ1) is 23.8. The van der Waals surface area contributed by atoms with Crippen molar-refractivity contribution >= 4 is 6.03 Å². The van der Waals surface area contributed by atoms with Crippen LogP contribution >= 0.6 is 0 Å². The molecule has 37 heavy (non-hydrogen) atoms. The molecule has 3 aliphatic rings. The number of urea groups is 1. The highest BCUT2D eigenvalue weighted by Crippen LogP contribution is 2.52. The second-order valence-electron chi connectivity index (χ2n) is 10.8. The molecule has 0 bridgehead atoms. The van der Waals surface area contributed by atoms with Crippen molar-refractivity contribution in [1.29, 1.82) is 0 Å². The third-order valence-electron chi connectivity index (χ3n) is 8.74. The molecule has 1 aliphatic carbocycles. The lowest BCUT2D eigenvalue weighted by Crippen LogP contribution is -2.63. The lowest BCUT2D eigenvalue weighted by atomic mass is 9.66. The molecule has 2 saturated heterocycles. The number of aromatic nitrogens is 5. The molecule has 3 aromatic rings. The zero-order valence-corrected chi connectivity index (χ0v) is 20.9. The van der Waals surface area contributed by atoms with Crippen LogP contribution in [0.5, 0.6) is 0 Å². The van der Waals surface area contributed by atoms with Crippen LogP contribution in [0.3, 0.4) is 0 Å². The number of amides is 2. The smallest absolute Gasteiger partial charge is 0.320 e. The maximum atomic E-state index is 13.7. The Hall–Kier alpha value is -3.53. The molecule has 10 nitrogen and oxygen atoms in total. The molecule has 2 atom stereocenters. The van der Waals surface area contributed by atoms with Gasteiger partial charge in [-0.25, -0.2) is 14.8 Å². The van der Waals surface area contributed by atoms with E-state index in [1.807, 2.05) is 40.1 Å². The first-order valence-electron chi connectivity index (χ1n) is 13.2. The molecular weight excluding hydrogens is 470 g/mol. The van der Waals surface area contributed by atoms with Crippen molar-refractivity contribution in [1.82, 2.24) is 34.5 Å². The van der Waals surface area contributed by atoms with Crippen LogP contribution in [0.2, 0.25) is 0 Å². The third-order valence-corrected chi connectivity index (χ3v) is 8.74. The Labute approximate surface area is 215 Å². The number of likely N-dealkylation sites (tertiary alicyclic amines) is 2. The van der Waals surface area contributed by atoms with Crippen LogP contribution in [0.1, 0.15) is 56.8 Å². The molecular formula is C27H33N7O3. The fraction of sp³-hybridized carbons (Fsp3) is 0.519. The normalized spacial score (nSPS) is 25.2. The van der Waals surface area contributed by atoms with Crippen LogP contribution in [-0.2, 0) is 6.54 Å². The summed E-state index contributed by atoms with van der Waals surface area (Å²) in [5.41, 5.74) is -0.206. The van der Waals surface area contributed by atoms with Crippen LogP contribution in [-0.4, -0.2) is 70.9 Å². The summed E-state index contributed by atoms with van der Waals surface area (Å²) in [6.45, 7) is 1.81. The van der Waals surface area contributed by atoms with Gasteiger partial charge in [0.05, 0.1) is 30.2 Å². The number of aromatic amines is 1. The molecule has 194 valence electrons. The van der Waals surface area contributed by atoms with Crippen LogP contribution < -0.4 is 5.56 Å². The lowest BCUT2D eigenvalue weighted by molar-refractivity contribution is -0.136. The van der Waals surface area contributed by atoms with Crippen molar-refractivity contribution < 1.29 is 9.90 Å². The predicted octanol–water partition coefficient (Wildman–Crippen LogP) is 2.98. The van der Waals surface area contributed by atoms with E-state index < -0.39 is 11.0 Å². The molecule has 1 spiro atoms. The van der Waals surface area contributed by atoms with Crippen molar-refractivity contribution in [3.05, 3.63) is 65.2 Å². The molecule has 2 amide bonds. The van der Waals surface area contributed by atoms with Crippen LogP contribution in [0.15, 0.2) is 53.8 Å². The molecule has 1 aromatic carbocycles. The average molecular weight is 504 g/mol. The summed E-state index contributed by atoms with van der Waals surface area (Å²) in [5, 5.41) is 19.0. The largest absolute Gasteiger partial charge is 0.387 e. The number of hydrogen-bond donors (Lipinski definition) is 2. The fourth-order valence-corrected chi connectivity index (χ4v) is 6.69. The van der Waals surface area contributed by atoms with Gasteiger partial charge in [-0.1, -0.05) is 43.2 Å². The van der Waals surface area contributed by atoms with Crippen molar-refractivity contribution in [2.45, 2.75) is 63.1 Å². The molecule has 1 unspecified atom stereocenters. The molecule has 1 saturated carbocycles. The minimum absolute atomic E-state index is 0.00160. The summed E-state index contributed by atoms with van der Waals surface area (Å²) in [4.78, 5) is 39.4. The van der Waals surface area contributed by atoms with Gasteiger partial charge in [0.25, 0.3) is 5.56 Å². The second kappa shape index (κ2) is 9.41. The van der Waals surface area contributed by atoms with Gasteiger partial charge in [0.2, 0.25) is 0 Å². The number of aliphatic hydroxyl groups is 1. The van der Waals surface area contributed by atoms with Crippen LogP contribution in [0.4, 0.5) is 4.79 Å². The minimum Gasteiger partial charge on any atom is -0.387 e. The third kappa shape index (κ3) is 4.22. The summed E-state index contributed by atoms with van der Waals surface area (Å²) in [6, 6.07) is 11.0. The highest BCUT2D eigenvalue weighted by Gasteiger charge is 2.56. The first-order valence-corrected chi connectivity index (χ1v) is 13.2. The van der Waals surface area contributed by atoms with Gasteiger partial charge in [-0.05, 0) is 32.1 Å². The molecule has 2 N–H and O–H groups in total. The van der Waals surface area contributed by atoms with Gasteiger partial charge in [-0.15, -0.1) is 0 Å². The standard InChI is InChI=1S/C27H33N7O3/c35-23-15-21(20-7-2-1-3-8-20)29-19-33(23)17-27(37)12-14-32(16-26(27)10-4-5-11-26)25(36)34-13-6-9-22(34)24-28-18-30-31-24/h1-3,7-8,15,18-19,22,37H,4-6,9-14,16-17H2,(H,28,30,31)/t22-,27?/m0/s1. The monoisotopic (exact) mass is 503 g/mol. The van der Waals surface area contributed by atoms with E-state index in [-0.39, 0.29) is 24.2 Å². The van der Waals surface area contributed by atoms with Crippen LogP contribution in [0.25, 0.3) is 11.3 Å². The van der Waals surface area contributed by atoms with E-state index in [1.54, 1.807) is 6.33 Å². The maximum Gasteiger partial charge on any atom is 0.320 e. The van der Waals surface area contributed by atoms with Gasteiger partial charge >= 0.3 is 6.03 Å². The lowest BCUT2D eigenvalue weighted by Gasteiger charge is -2.53. The van der Waals surface area contributed by atoms with E-state index in [9.17, 15) is 14.7 Å². The number of H-pyrrole nitrogens is 1. The predicted molar refractivity (Wildman–Crippen MR) is 136 cm³/mol. The Morgan fingerprint density at radius 3 is 2.62 bits per heavy atom. The molecule has 0 radical (unpaired) electrons. The summed E-state index contributed by atoms with van der Waals surface area (Å²) in [5.74, 6) is 0.723. The summed E-state index contributed by atoms with van der Waals surface area (Å²) < 4.78 is 1.53. The van der Waals surface area contributed by atoms with Gasteiger partial charge in [-0.2, -0.15) is 5.10 Å². The Morgan fingerprint density at radius 1 is 1.08 bits per heavy atom. The minimum atomic E-state index is -1.09. The number of rotatable bonds is 4.